The minimum absolute atomic E-state index is 0.0399. The lowest BCUT2D eigenvalue weighted by molar-refractivity contribution is -0.130. The lowest BCUT2D eigenvalue weighted by atomic mass is 10.1. The van der Waals surface area contributed by atoms with Gasteiger partial charge in [0.25, 0.3) is 0 Å². The maximum Gasteiger partial charge on any atom is 0.222 e. The highest BCUT2D eigenvalue weighted by atomic mass is 16.2. The first-order chi connectivity index (χ1) is 8.09. The Kier molecular flexibility index (Phi) is 5.70. The SMILES string of the molecule is CC(N)CN(C)C(=O)CCCc1ccccc1. The summed E-state index contributed by atoms with van der Waals surface area (Å²) in [7, 11) is 1.81. The maximum absolute atomic E-state index is 11.7. The summed E-state index contributed by atoms with van der Waals surface area (Å²) >= 11 is 0. The van der Waals surface area contributed by atoms with E-state index >= 15 is 0 Å². The molecule has 0 aromatic heterocycles. The van der Waals surface area contributed by atoms with Gasteiger partial charge in [0.1, 0.15) is 0 Å². The molecule has 0 bridgehead atoms. The molecule has 1 amide bonds. The highest BCUT2D eigenvalue weighted by Crippen LogP contribution is 2.05. The van der Waals surface area contributed by atoms with Crippen molar-refractivity contribution in [2.24, 2.45) is 5.73 Å². The molecule has 0 radical (unpaired) electrons. The van der Waals surface area contributed by atoms with Gasteiger partial charge in [0.2, 0.25) is 5.91 Å². The van der Waals surface area contributed by atoms with E-state index in [2.05, 4.69) is 12.1 Å². The highest BCUT2D eigenvalue weighted by molar-refractivity contribution is 5.75. The van der Waals surface area contributed by atoms with Gasteiger partial charge in [-0.15, -0.1) is 0 Å². The minimum Gasteiger partial charge on any atom is -0.344 e. The van der Waals surface area contributed by atoms with Crippen molar-refractivity contribution in [2.75, 3.05) is 13.6 Å². The molecule has 0 saturated heterocycles. The second-order valence-electron chi connectivity index (χ2n) is 4.59. The average Bonchev–Trinajstić information content (AvgIpc) is 2.29. The lowest BCUT2D eigenvalue weighted by Gasteiger charge is -2.19. The molecule has 1 atom stereocenters. The van der Waals surface area contributed by atoms with Crippen LogP contribution in [0.25, 0.3) is 0 Å². The predicted octanol–water partition coefficient (Wildman–Crippen LogP) is 1.81. The van der Waals surface area contributed by atoms with E-state index in [1.165, 1.54) is 5.56 Å². The molecule has 17 heavy (non-hydrogen) atoms. The minimum atomic E-state index is 0.0399. The number of benzene rings is 1. The Morgan fingerprint density at radius 1 is 1.35 bits per heavy atom. The molecule has 0 heterocycles. The Hall–Kier alpha value is -1.35. The number of nitrogens with two attached hydrogens (primary N) is 1. The van der Waals surface area contributed by atoms with Crippen LogP contribution in [0.2, 0.25) is 0 Å². The van der Waals surface area contributed by atoms with Gasteiger partial charge in [0, 0.05) is 26.1 Å². The summed E-state index contributed by atoms with van der Waals surface area (Å²) in [5.74, 6) is 0.179. The number of carbonyl (C=O) groups is 1. The Balaban J connectivity index is 2.24. The van der Waals surface area contributed by atoms with E-state index in [0.717, 1.165) is 12.8 Å². The van der Waals surface area contributed by atoms with Gasteiger partial charge in [-0.1, -0.05) is 30.3 Å². The van der Waals surface area contributed by atoms with Gasteiger partial charge in [-0.3, -0.25) is 4.79 Å². The summed E-state index contributed by atoms with van der Waals surface area (Å²) in [6.45, 7) is 2.54. The van der Waals surface area contributed by atoms with Crippen LogP contribution in [0.4, 0.5) is 0 Å². The number of likely N-dealkylation sites (N-methyl/N-ethyl adjacent to an activating group) is 1. The molecule has 0 spiro atoms. The van der Waals surface area contributed by atoms with E-state index in [0.29, 0.717) is 13.0 Å². The van der Waals surface area contributed by atoms with Crippen molar-refractivity contribution in [3.05, 3.63) is 35.9 Å². The Morgan fingerprint density at radius 3 is 2.59 bits per heavy atom. The number of carbonyl (C=O) groups excluding carboxylic acids is 1. The predicted molar refractivity (Wildman–Crippen MR) is 70.7 cm³/mol. The molecule has 1 unspecified atom stereocenters. The number of rotatable bonds is 6. The fraction of sp³-hybridized carbons (Fsp3) is 0.500. The lowest BCUT2D eigenvalue weighted by Crippen LogP contribution is -2.36. The normalized spacial score (nSPS) is 12.2. The van der Waals surface area contributed by atoms with Crippen LogP contribution < -0.4 is 5.73 Å². The average molecular weight is 234 g/mol. The molecule has 0 saturated carbocycles. The largest absolute Gasteiger partial charge is 0.344 e. The third kappa shape index (κ3) is 5.50. The van der Waals surface area contributed by atoms with Crippen molar-refractivity contribution in [3.8, 4) is 0 Å². The number of amides is 1. The second kappa shape index (κ2) is 7.07. The third-order valence-corrected chi connectivity index (χ3v) is 2.69. The van der Waals surface area contributed by atoms with Crippen LogP contribution in [0.5, 0.6) is 0 Å². The second-order valence-corrected chi connectivity index (χ2v) is 4.59. The van der Waals surface area contributed by atoms with Gasteiger partial charge < -0.3 is 10.6 Å². The molecule has 1 rings (SSSR count). The fourth-order valence-electron chi connectivity index (χ4n) is 1.81. The Labute approximate surface area is 104 Å². The molecular formula is C14H22N2O. The summed E-state index contributed by atoms with van der Waals surface area (Å²) in [6.07, 6.45) is 2.45. The molecule has 0 aliphatic rings. The number of hydrogen-bond donors (Lipinski definition) is 1. The maximum atomic E-state index is 11.7. The van der Waals surface area contributed by atoms with Crippen molar-refractivity contribution in [3.63, 3.8) is 0 Å². The topological polar surface area (TPSA) is 46.3 Å². The zero-order valence-electron chi connectivity index (χ0n) is 10.7. The molecule has 0 fully saturated rings. The van der Waals surface area contributed by atoms with Gasteiger partial charge in [-0.2, -0.15) is 0 Å². The first-order valence-electron chi connectivity index (χ1n) is 6.13. The van der Waals surface area contributed by atoms with E-state index in [4.69, 9.17) is 5.73 Å². The smallest absolute Gasteiger partial charge is 0.222 e. The van der Waals surface area contributed by atoms with E-state index < -0.39 is 0 Å². The standard InChI is InChI=1S/C14H22N2O/c1-12(15)11-16(2)14(17)10-6-9-13-7-4-3-5-8-13/h3-5,7-8,12H,6,9-11,15H2,1-2H3. The Morgan fingerprint density at radius 2 is 2.00 bits per heavy atom. The third-order valence-electron chi connectivity index (χ3n) is 2.69. The molecule has 94 valence electrons. The van der Waals surface area contributed by atoms with Gasteiger partial charge in [-0.25, -0.2) is 0 Å². The quantitative estimate of drug-likeness (QED) is 0.816. The van der Waals surface area contributed by atoms with Crippen LogP contribution in [0.3, 0.4) is 0 Å². The van der Waals surface area contributed by atoms with Gasteiger partial charge in [0.15, 0.2) is 0 Å². The molecule has 3 nitrogen and oxygen atoms in total. The highest BCUT2D eigenvalue weighted by Gasteiger charge is 2.09. The van der Waals surface area contributed by atoms with Crippen molar-refractivity contribution < 1.29 is 4.79 Å². The summed E-state index contributed by atoms with van der Waals surface area (Å²) < 4.78 is 0. The monoisotopic (exact) mass is 234 g/mol. The van der Waals surface area contributed by atoms with Crippen molar-refractivity contribution in [1.29, 1.82) is 0 Å². The molecule has 2 N–H and O–H groups in total. The van der Waals surface area contributed by atoms with Gasteiger partial charge >= 0.3 is 0 Å². The molecule has 0 aliphatic heterocycles. The van der Waals surface area contributed by atoms with Crippen molar-refractivity contribution in [2.45, 2.75) is 32.2 Å². The van der Waals surface area contributed by atoms with Crippen LogP contribution in [-0.2, 0) is 11.2 Å². The van der Waals surface area contributed by atoms with Gasteiger partial charge in [-0.05, 0) is 25.3 Å². The first kappa shape index (κ1) is 13.7. The zero-order chi connectivity index (χ0) is 12.7. The summed E-state index contributed by atoms with van der Waals surface area (Å²) in [5.41, 5.74) is 6.94. The first-order valence-corrected chi connectivity index (χ1v) is 6.13. The van der Waals surface area contributed by atoms with Crippen LogP contribution in [0.1, 0.15) is 25.3 Å². The summed E-state index contributed by atoms with van der Waals surface area (Å²) in [6, 6.07) is 10.3. The van der Waals surface area contributed by atoms with Crippen LogP contribution in [-0.4, -0.2) is 30.4 Å². The molecule has 3 heteroatoms. The van der Waals surface area contributed by atoms with Crippen LogP contribution in [0, 0.1) is 0 Å². The van der Waals surface area contributed by atoms with E-state index in [9.17, 15) is 4.79 Å². The zero-order valence-corrected chi connectivity index (χ0v) is 10.7. The number of aryl methyl sites for hydroxylation is 1. The summed E-state index contributed by atoms with van der Waals surface area (Å²) in [4.78, 5) is 13.5. The molecule has 0 aliphatic carbocycles. The molecule has 1 aromatic carbocycles. The van der Waals surface area contributed by atoms with Gasteiger partial charge in [0.05, 0.1) is 0 Å². The van der Waals surface area contributed by atoms with E-state index in [1.54, 1.807) is 4.90 Å². The van der Waals surface area contributed by atoms with Crippen molar-refractivity contribution >= 4 is 5.91 Å². The fourth-order valence-corrected chi connectivity index (χ4v) is 1.81. The van der Waals surface area contributed by atoms with Crippen LogP contribution in [0.15, 0.2) is 30.3 Å². The summed E-state index contributed by atoms with van der Waals surface area (Å²) in [5, 5.41) is 0. The Bertz CT molecular complexity index is 335. The number of nitrogens with zero attached hydrogens (tertiary/aromatic N) is 1. The molecular weight excluding hydrogens is 212 g/mol. The molecule has 1 aromatic rings. The van der Waals surface area contributed by atoms with E-state index in [-0.39, 0.29) is 11.9 Å². The van der Waals surface area contributed by atoms with Crippen LogP contribution >= 0.6 is 0 Å². The van der Waals surface area contributed by atoms with E-state index in [1.807, 2.05) is 32.2 Å². The van der Waals surface area contributed by atoms with Crippen molar-refractivity contribution in [1.82, 2.24) is 4.90 Å². The number of hydrogen-bond acceptors (Lipinski definition) is 2.